The number of benzene rings is 1. The number of aliphatic hydroxyl groups is 1. The van der Waals surface area contributed by atoms with Crippen LogP contribution in [0, 0.1) is 5.82 Å². The highest BCUT2D eigenvalue weighted by atomic mass is 19.1. The summed E-state index contributed by atoms with van der Waals surface area (Å²) in [5, 5.41) is 11.5. The van der Waals surface area contributed by atoms with Crippen LogP contribution >= 0.6 is 0 Å². The molecule has 1 aliphatic rings. The molecule has 0 aliphatic carbocycles. The lowest BCUT2D eigenvalue weighted by Crippen LogP contribution is -2.48. The van der Waals surface area contributed by atoms with Gasteiger partial charge in [-0.15, -0.1) is 0 Å². The van der Waals surface area contributed by atoms with Gasteiger partial charge in [-0.05, 0) is 43.9 Å². The minimum absolute atomic E-state index is 0.0139. The molecule has 1 aliphatic heterocycles. The van der Waals surface area contributed by atoms with Gasteiger partial charge >= 0.3 is 11.8 Å². The van der Waals surface area contributed by atoms with Gasteiger partial charge in [0.1, 0.15) is 5.82 Å². The van der Waals surface area contributed by atoms with Crippen LogP contribution in [-0.2, 0) is 9.59 Å². The fourth-order valence-electron chi connectivity index (χ4n) is 2.60. The van der Waals surface area contributed by atoms with E-state index >= 15 is 0 Å². The topological polar surface area (TPSA) is 69.6 Å². The molecule has 5 nitrogen and oxygen atoms in total. The smallest absolute Gasteiger partial charge is 0.313 e. The summed E-state index contributed by atoms with van der Waals surface area (Å²) in [6.45, 7) is 0.500. The summed E-state index contributed by atoms with van der Waals surface area (Å²) in [4.78, 5) is 25.7. The SMILES string of the molecule is O=C(Nc1cccc(F)c1)C(=O)N1CCCCC1CCO. The number of aliphatic hydroxyl groups excluding tert-OH is 1. The van der Waals surface area contributed by atoms with Gasteiger partial charge in [-0.1, -0.05) is 6.07 Å². The van der Waals surface area contributed by atoms with Crippen molar-refractivity contribution in [2.45, 2.75) is 31.7 Å². The zero-order valence-electron chi connectivity index (χ0n) is 11.7. The van der Waals surface area contributed by atoms with E-state index in [9.17, 15) is 14.0 Å². The molecule has 1 aromatic carbocycles. The van der Waals surface area contributed by atoms with Crippen molar-refractivity contribution < 1.29 is 19.1 Å². The summed E-state index contributed by atoms with van der Waals surface area (Å²) < 4.78 is 13.1. The highest BCUT2D eigenvalue weighted by molar-refractivity contribution is 6.39. The van der Waals surface area contributed by atoms with Crippen molar-refractivity contribution in [3.05, 3.63) is 30.1 Å². The van der Waals surface area contributed by atoms with E-state index in [1.165, 1.54) is 23.1 Å². The second kappa shape index (κ2) is 7.17. The van der Waals surface area contributed by atoms with Crippen molar-refractivity contribution >= 4 is 17.5 Å². The molecule has 2 N–H and O–H groups in total. The number of nitrogens with one attached hydrogen (secondary N) is 1. The number of piperidine rings is 1. The lowest BCUT2D eigenvalue weighted by molar-refractivity contribution is -0.146. The van der Waals surface area contributed by atoms with Crippen molar-refractivity contribution in [1.29, 1.82) is 0 Å². The number of nitrogens with zero attached hydrogens (tertiary/aromatic N) is 1. The molecule has 0 saturated carbocycles. The molecule has 21 heavy (non-hydrogen) atoms. The van der Waals surface area contributed by atoms with E-state index in [1.807, 2.05) is 0 Å². The molecule has 2 amide bonds. The van der Waals surface area contributed by atoms with Crippen LogP contribution in [0.2, 0.25) is 0 Å². The maximum atomic E-state index is 13.1. The van der Waals surface area contributed by atoms with Gasteiger partial charge in [0.05, 0.1) is 0 Å². The summed E-state index contributed by atoms with van der Waals surface area (Å²) in [7, 11) is 0. The third-order valence-electron chi connectivity index (χ3n) is 3.63. The molecule has 0 aromatic heterocycles. The zero-order valence-corrected chi connectivity index (χ0v) is 11.7. The molecule has 1 fully saturated rings. The first kappa shape index (κ1) is 15.4. The van der Waals surface area contributed by atoms with E-state index in [-0.39, 0.29) is 18.3 Å². The number of hydrogen-bond donors (Lipinski definition) is 2. The van der Waals surface area contributed by atoms with Gasteiger partial charge in [0, 0.05) is 24.9 Å². The third-order valence-corrected chi connectivity index (χ3v) is 3.63. The summed E-state index contributed by atoms with van der Waals surface area (Å²) in [5.41, 5.74) is 0.254. The lowest BCUT2D eigenvalue weighted by Gasteiger charge is -2.35. The van der Waals surface area contributed by atoms with E-state index < -0.39 is 17.6 Å². The predicted molar refractivity (Wildman–Crippen MR) is 76.1 cm³/mol. The van der Waals surface area contributed by atoms with Crippen LogP contribution in [0.15, 0.2) is 24.3 Å². The minimum Gasteiger partial charge on any atom is -0.396 e. The summed E-state index contributed by atoms with van der Waals surface area (Å²) in [6.07, 6.45) is 3.10. The van der Waals surface area contributed by atoms with Gasteiger partial charge in [0.25, 0.3) is 0 Å². The van der Waals surface area contributed by atoms with E-state index in [0.717, 1.165) is 25.3 Å². The van der Waals surface area contributed by atoms with Gasteiger partial charge in [-0.25, -0.2) is 4.39 Å². The summed E-state index contributed by atoms with van der Waals surface area (Å²) in [5.74, 6) is -1.88. The standard InChI is InChI=1S/C15H19FN2O3/c16-11-4-3-5-12(10-11)17-14(20)15(21)18-8-2-1-6-13(18)7-9-19/h3-5,10,13,19H,1-2,6-9H2,(H,17,20). The Hall–Kier alpha value is -1.95. The molecule has 0 bridgehead atoms. The van der Waals surface area contributed by atoms with Gasteiger partial charge < -0.3 is 15.3 Å². The van der Waals surface area contributed by atoms with Crippen molar-refractivity contribution in [3.63, 3.8) is 0 Å². The van der Waals surface area contributed by atoms with E-state index in [0.29, 0.717) is 13.0 Å². The Morgan fingerprint density at radius 3 is 2.90 bits per heavy atom. The second-order valence-electron chi connectivity index (χ2n) is 5.12. The number of rotatable bonds is 3. The fraction of sp³-hybridized carbons (Fsp3) is 0.467. The Bertz CT molecular complexity index is 519. The van der Waals surface area contributed by atoms with Crippen molar-refractivity contribution in [3.8, 4) is 0 Å². The van der Waals surface area contributed by atoms with Gasteiger partial charge in [-0.2, -0.15) is 0 Å². The summed E-state index contributed by atoms with van der Waals surface area (Å²) in [6, 6.07) is 5.31. The number of amides is 2. The molecule has 2 rings (SSSR count). The quantitative estimate of drug-likeness (QED) is 0.831. The van der Waals surface area contributed by atoms with Crippen LogP contribution in [0.3, 0.4) is 0 Å². The number of carbonyl (C=O) groups is 2. The molecular formula is C15H19FN2O3. The highest BCUT2D eigenvalue weighted by Crippen LogP contribution is 2.20. The van der Waals surface area contributed by atoms with Gasteiger partial charge in [0.15, 0.2) is 0 Å². The molecule has 1 aromatic rings. The van der Waals surface area contributed by atoms with E-state index in [4.69, 9.17) is 5.11 Å². The molecule has 0 radical (unpaired) electrons. The second-order valence-corrected chi connectivity index (χ2v) is 5.12. The van der Waals surface area contributed by atoms with E-state index in [2.05, 4.69) is 5.32 Å². The lowest BCUT2D eigenvalue weighted by atomic mass is 9.99. The van der Waals surface area contributed by atoms with Gasteiger partial charge in [0.2, 0.25) is 0 Å². The Morgan fingerprint density at radius 2 is 2.19 bits per heavy atom. The van der Waals surface area contributed by atoms with Crippen LogP contribution in [0.5, 0.6) is 0 Å². The van der Waals surface area contributed by atoms with Crippen molar-refractivity contribution in [2.75, 3.05) is 18.5 Å². The Balaban J connectivity index is 2.02. The third kappa shape index (κ3) is 4.01. The molecule has 1 atom stereocenters. The number of hydrogen-bond acceptors (Lipinski definition) is 3. The molecule has 1 heterocycles. The fourth-order valence-corrected chi connectivity index (χ4v) is 2.60. The highest BCUT2D eigenvalue weighted by Gasteiger charge is 2.30. The van der Waals surface area contributed by atoms with Crippen LogP contribution in [0.1, 0.15) is 25.7 Å². The largest absolute Gasteiger partial charge is 0.396 e. The first-order valence-corrected chi connectivity index (χ1v) is 7.10. The molecule has 1 saturated heterocycles. The summed E-state index contributed by atoms with van der Waals surface area (Å²) >= 11 is 0. The normalized spacial score (nSPS) is 18.4. The van der Waals surface area contributed by atoms with Crippen LogP contribution < -0.4 is 5.32 Å². The first-order chi connectivity index (χ1) is 10.1. The zero-order chi connectivity index (χ0) is 15.2. The minimum atomic E-state index is -0.773. The van der Waals surface area contributed by atoms with E-state index in [1.54, 1.807) is 0 Å². The predicted octanol–water partition coefficient (Wildman–Crippen LogP) is 1.53. The number of anilines is 1. The monoisotopic (exact) mass is 294 g/mol. The van der Waals surface area contributed by atoms with Crippen molar-refractivity contribution in [2.24, 2.45) is 0 Å². The first-order valence-electron chi connectivity index (χ1n) is 7.10. The maximum absolute atomic E-state index is 13.1. The Morgan fingerprint density at radius 1 is 1.38 bits per heavy atom. The Labute approximate surface area is 122 Å². The average molecular weight is 294 g/mol. The van der Waals surface area contributed by atoms with Crippen LogP contribution in [-0.4, -0.2) is 41.0 Å². The molecular weight excluding hydrogens is 275 g/mol. The van der Waals surface area contributed by atoms with Crippen molar-refractivity contribution in [1.82, 2.24) is 4.90 Å². The molecule has 0 spiro atoms. The average Bonchev–Trinajstić information content (AvgIpc) is 2.47. The maximum Gasteiger partial charge on any atom is 0.313 e. The van der Waals surface area contributed by atoms with Crippen LogP contribution in [0.4, 0.5) is 10.1 Å². The van der Waals surface area contributed by atoms with Crippen LogP contribution in [0.25, 0.3) is 0 Å². The Kier molecular flexibility index (Phi) is 5.27. The number of carbonyl (C=O) groups excluding carboxylic acids is 2. The molecule has 6 heteroatoms. The molecule has 1 unspecified atom stereocenters. The number of halogens is 1. The van der Waals surface area contributed by atoms with Gasteiger partial charge in [-0.3, -0.25) is 9.59 Å². The molecule has 114 valence electrons. The number of likely N-dealkylation sites (tertiary alicyclic amines) is 1.